The number of carbonyl (C=O) groups is 2. The van der Waals surface area contributed by atoms with E-state index in [1.807, 2.05) is 7.05 Å². The van der Waals surface area contributed by atoms with Crippen LogP contribution >= 0.6 is 23.7 Å². The molecule has 0 aliphatic carbocycles. The number of carbonyl (C=O) groups excluding carboxylic acids is 2. The Labute approximate surface area is 140 Å². The van der Waals surface area contributed by atoms with Gasteiger partial charge in [0.15, 0.2) is 0 Å². The van der Waals surface area contributed by atoms with Crippen molar-refractivity contribution in [3.8, 4) is 0 Å². The van der Waals surface area contributed by atoms with E-state index in [0.717, 1.165) is 25.9 Å². The number of rotatable bonds is 5. The molecule has 2 rings (SSSR count). The van der Waals surface area contributed by atoms with Crippen LogP contribution in [0.4, 0.5) is 5.69 Å². The molecule has 0 saturated carbocycles. The van der Waals surface area contributed by atoms with Gasteiger partial charge in [-0.25, -0.2) is 4.79 Å². The fourth-order valence-corrected chi connectivity index (χ4v) is 3.22. The first kappa shape index (κ1) is 18.9. The molecule has 1 aromatic heterocycles. The zero-order valence-corrected chi connectivity index (χ0v) is 14.4. The number of amides is 1. The molecule has 0 radical (unpaired) electrons. The smallest absolute Gasteiger partial charge is 0.350 e. The molecule has 0 unspecified atom stereocenters. The summed E-state index contributed by atoms with van der Waals surface area (Å²) in [7, 11) is 3.29. The van der Waals surface area contributed by atoms with Crippen molar-refractivity contribution < 1.29 is 14.3 Å². The highest BCUT2D eigenvalue weighted by Gasteiger charge is 2.21. The molecule has 1 aromatic rings. The molecular formula is C14H22ClN3O3S. The molecule has 1 saturated heterocycles. The van der Waals surface area contributed by atoms with Gasteiger partial charge in [-0.05, 0) is 44.4 Å². The van der Waals surface area contributed by atoms with E-state index in [1.54, 1.807) is 11.4 Å². The molecule has 0 bridgehead atoms. The van der Waals surface area contributed by atoms with Crippen molar-refractivity contribution in [1.29, 1.82) is 0 Å². The van der Waals surface area contributed by atoms with Gasteiger partial charge in [0, 0.05) is 6.04 Å². The third-order valence-electron chi connectivity index (χ3n) is 3.64. The summed E-state index contributed by atoms with van der Waals surface area (Å²) in [6, 6.07) is 2.15. The van der Waals surface area contributed by atoms with Gasteiger partial charge in [-0.3, -0.25) is 9.69 Å². The number of hydrogen-bond acceptors (Lipinski definition) is 6. The van der Waals surface area contributed by atoms with Crippen LogP contribution in [-0.2, 0) is 9.53 Å². The van der Waals surface area contributed by atoms with Crippen molar-refractivity contribution in [3.63, 3.8) is 0 Å². The molecule has 8 heteroatoms. The molecular weight excluding hydrogens is 326 g/mol. The highest BCUT2D eigenvalue weighted by atomic mass is 35.5. The number of esters is 1. The first-order valence-electron chi connectivity index (χ1n) is 6.98. The van der Waals surface area contributed by atoms with Crippen molar-refractivity contribution in [2.24, 2.45) is 0 Å². The Morgan fingerprint density at radius 2 is 2.14 bits per heavy atom. The molecule has 0 aromatic carbocycles. The number of ether oxygens (including phenoxy) is 1. The average Bonchev–Trinajstić information content (AvgIpc) is 2.95. The summed E-state index contributed by atoms with van der Waals surface area (Å²) in [4.78, 5) is 26.2. The number of anilines is 1. The molecule has 1 aliphatic rings. The van der Waals surface area contributed by atoms with E-state index in [0.29, 0.717) is 23.2 Å². The van der Waals surface area contributed by atoms with E-state index in [4.69, 9.17) is 4.74 Å². The van der Waals surface area contributed by atoms with E-state index in [9.17, 15) is 9.59 Å². The first-order chi connectivity index (χ1) is 10.1. The lowest BCUT2D eigenvalue weighted by atomic mass is 10.1. The fraction of sp³-hybridized carbons (Fsp3) is 0.571. The van der Waals surface area contributed by atoms with Crippen molar-refractivity contribution in [1.82, 2.24) is 10.2 Å². The van der Waals surface area contributed by atoms with Gasteiger partial charge in [-0.1, -0.05) is 0 Å². The number of piperidine rings is 1. The summed E-state index contributed by atoms with van der Waals surface area (Å²) in [6.07, 6.45) is 2.10. The first-order valence-corrected chi connectivity index (χ1v) is 7.86. The molecule has 2 N–H and O–H groups in total. The lowest BCUT2D eigenvalue weighted by Crippen LogP contribution is -2.44. The molecule has 1 fully saturated rings. The van der Waals surface area contributed by atoms with E-state index in [1.165, 1.54) is 18.4 Å². The lowest BCUT2D eigenvalue weighted by Gasteiger charge is -2.31. The van der Waals surface area contributed by atoms with Gasteiger partial charge in [0.2, 0.25) is 5.91 Å². The van der Waals surface area contributed by atoms with Crippen LogP contribution < -0.4 is 10.6 Å². The fourth-order valence-electron chi connectivity index (χ4n) is 2.45. The second-order valence-corrected chi connectivity index (χ2v) is 6.02. The number of hydrogen-bond donors (Lipinski definition) is 2. The van der Waals surface area contributed by atoms with Crippen LogP contribution in [0.15, 0.2) is 11.4 Å². The maximum atomic E-state index is 12.1. The Morgan fingerprint density at radius 3 is 2.77 bits per heavy atom. The SMILES string of the molecule is COC(=O)c1sccc1NC(=O)CN(C)C1CCNCC1.Cl. The summed E-state index contributed by atoms with van der Waals surface area (Å²) < 4.78 is 4.70. The highest BCUT2D eigenvalue weighted by molar-refractivity contribution is 7.12. The maximum Gasteiger partial charge on any atom is 0.350 e. The van der Waals surface area contributed by atoms with E-state index < -0.39 is 5.97 Å². The number of likely N-dealkylation sites (N-methyl/N-ethyl adjacent to an activating group) is 1. The third kappa shape index (κ3) is 4.95. The quantitative estimate of drug-likeness (QED) is 0.791. The molecule has 0 atom stereocenters. The van der Waals surface area contributed by atoms with E-state index in [-0.39, 0.29) is 18.3 Å². The van der Waals surface area contributed by atoms with Gasteiger partial charge in [-0.2, -0.15) is 0 Å². The molecule has 124 valence electrons. The van der Waals surface area contributed by atoms with Crippen molar-refractivity contribution in [3.05, 3.63) is 16.3 Å². The minimum absolute atomic E-state index is 0. The Bertz CT molecular complexity index is 503. The van der Waals surface area contributed by atoms with Gasteiger partial charge in [0.25, 0.3) is 0 Å². The largest absolute Gasteiger partial charge is 0.465 e. The van der Waals surface area contributed by atoms with Gasteiger partial charge in [0.05, 0.1) is 19.3 Å². The van der Waals surface area contributed by atoms with Gasteiger partial charge in [-0.15, -0.1) is 23.7 Å². The number of methoxy groups -OCH3 is 1. The zero-order chi connectivity index (χ0) is 15.2. The van der Waals surface area contributed by atoms with Crippen molar-refractivity contribution in [2.75, 3.05) is 39.1 Å². The van der Waals surface area contributed by atoms with Crippen LogP contribution in [0, 0.1) is 0 Å². The van der Waals surface area contributed by atoms with Gasteiger partial charge < -0.3 is 15.4 Å². The van der Waals surface area contributed by atoms with Crippen LogP contribution in [0.2, 0.25) is 0 Å². The normalized spacial score (nSPS) is 15.2. The Morgan fingerprint density at radius 1 is 1.45 bits per heavy atom. The Kier molecular flexibility index (Phi) is 7.81. The third-order valence-corrected chi connectivity index (χ3v) is 4.53. The van der Waals surface area contributed by atoms with E-state index >= 15 is 0 Å². The lowest BCUT2D eigenvalue weighted by molar-refractivity contribution is -0.117. The molecule has 6 nitrogen and oxygen atoms in total. The number of halogens is 1. The highest BCUT2D eigenvalue weighted by Crippen LogP contribution is 2.23. The minimum atomic E-state index is -0.424. The predicted molar refractivity (Wildman–Crippen MR) is 90.1 cm³/mol. The second-order valence-electron chi connectivity index (χ2n) is 5.10. The number of nitrogens with one attached hydrogen (secondary N) is 2. The molecule has 1 aliphatic heterocycles. The maximum absolute atomic E-state index is 12.1. The average molecular weight is 348 g/mol. The summed E-state index contributed by atoms with van der Waals surface area (Å²) in [6.45, 7) is 2.31. The van der Waals surface area contributed by atoms with Gasteiger partial charge in [0.1, 0.15) is 4.88 Å². The van der Waals surface area contributed by atoms with E-state index in [2.05, 4.69) is 15.5 Å². The second kappa shape index (κ2) is 9.09. The standard InChI is InChI=1S/C14H21N3O3S.ClH/c1-17(10-3-6-15-7-4-10)9-12(18)16-11-5-8-21-13(11)14(19)20-2;/h5,8,10,15H,3-4,6-7,9H2,1-2H3,(H,16,18);1H. The predicted octanol–water partition coefficient (Wildman–Crippen LogP) is 1.58. The van der Waals surface area contributed by atoms with Crippen LogP contribution in [0.25, 0.3) is 0 Å². The Balaban J connectivity index is 0.00000242. The Hall–Kier alpha value is -1.15. The summed E-state index contributed by atoms with van der Waals surface area (Å²) in [5, 5.41) is 7.86. The number of nitrogens with zero attached hydrogens (tertiary/aromatic N) is 1. The minimum Gasteiger partial charge on any atom is -0.465 e. The molecule has 2 heterocycles. The molecule has 1 amide bonds. The monoisotopic (exact) mass is 347 g/mol. The van der Waals surface area contributed by atoms with Crippen molar-refractivity contribution in [2.45, 2.75) is 18.9 Å². The molecule has 22 heavy (non-hydrogen) atoms. The topological polar surface area (TPSA) is 70.7 Å². The van der Waals surface area contributed by atoms with Crippen LogP contribution in [0.1, 0.15) is 22.5 Å². The summed E-state index contributed by atoms with van der Waals surface area (Å²) in [5.41, 5.74) is 0.524. The summed E-state index contributed by atoms with van der Waals surface area (Å²) in [5.74, 6) is -0.536. The summed E-state index contributed by atoms with van der Waals surface area (Å²) >= 11 is 1.26. The van der Waals surface area contributed by atoms with Crippen LogP contribution in [0.5, 0.6) is 0 Å². The van der Waals surface area contributed by atoms with Crippen molar-refractivity contribution >= 4 is 41.3 Å². The van der Waals surface area contributed by atoms with Crippen LogP contribution in [-0.4, -0.2) is 56.6 Å². The number of thiophene rings is 1. The van der Waals surface area contributed by atoms with Gasteiger partial charge >= 0.3 is 5.97 Å². The molecule has 0 spiro atoms. The zero-order valence-electron chi connectivity index (χ0n) is 12.8. The van der Waals surface area contributed by atoms with Crippen LogP contribution in [0.3, 0.4) is 0 Å².